The van der Waals surface area contributed by atoms with Crippen molar-refractivity contribution in [3.8, 4) is 5.75 Å². The second-order valence-corrected chi connectivity index (χ2v) is 7.16. The third-order valence-corrected chi connectivity index (χ3v) is 5.29. The number of benzene rings is 3. The van der Waals surface area contributed by atoms with Gasteiger partial charge < -0.3 is 0 Å². The summed E-state index contributed by atoms with van der Waals surface area (Å²) < 4.78 is 7.41. The first-order valence-electron chi connectivity index (χ1n) is 8.17. The number of para-hydroxylation sites is 1. The van der Waals surface area contributed by atoms with Crippen LogP contribution in [0.4, 0.5) is 11.4 Å². The van der Waals surface area contributed by atoms with Crippen LogP contribution < -0.4 is 15.4 Å². The molecule has 1 heterocycles. The SMILES string of the molecule is Nc1ccc(OC2=CCN(c3ccccc3)C([AsH2])=C2)c2ccccc12. The normalized spacial score (nSPS) is 14.2. The molecule has 0 bridgehead atoms. The first kappa shape index (κ1) is 15.9. The Hall–Kier alpha value is -2.64. The summed E-state index contributed by atoms with van der Waals surface area (Å²) in [6.07, 6.45) is 4.21. The van der Waals surface area contributed by atoms with E-state index in [-0.39, 0.29) is 0 Å². The fourth-order valence-corrected chi connectivity index (χ4v) is 3.89. The van der Waals surface area contributed by atoms with E-state index in [9.17, 15) is 0 Å². The van der Waals surface area contributed by atoms with Gasteiger partial charge in [0.1, 0.15) is 0 Å². The van der Waals surface area contributed by atoms with E-state index >= 15 is 0 Å². The third-order valence-electron chi connectivity index (χ3n) is 4.29. The second-order valence-electron chi connectivity index (χ2n) is 5.92. The number of fused-ring (bicyclic) bond motifs is 1. The molecule has 0 aliphatic carbocycles. The summed E-state index contributed by atoms with van der Waals surface area (Å²) in [4.78, 5) is 2.29. The summed E-state index contributed by atoms with van der Waals surface area (Å²) in [5.41, 5.74) is 8.05. The van der Waals surface area contributed by atoms with Gasteiger partial charge in [-0.1, -0.05) is 0 Å². The Morgan fingerprint density at radius 1 is 0.880 bits per heavy atom. The van der Waals surface area contributed by atoms with Crippen LogP contribution in [0, 0.1) is 0 Å². The number of hydrogen-bond donors (Lipinski definition) is 1. The first-order valence-corrected chi connectivity index (χ1v) is 9.38. The van der Waals surface area contributed by atoms with E-state index in [4.69, 9.17) is 10.5 Å². The van der Waals surface area contributed by atoms with Gasteiger partial charge in [0, 0.05) is 0 Å². The summed E-state index contributed by atoms with van der Waals surface area (Å²) in [6, 6.07) is 22.3. The van der Waals surface area contributed by atoms with Crippen molar-refractivity contribution in [2.75, 3.05) is 17.2 Å². The zero-order valence-electron chi connectivity index (χ0n) is 13.7. The molecule has 0 amide bonds. The molecule has 0 radical (unpaired) electrons. The summed E-state index contributed by atoms with van der Waals surface area (Å²) in [7, 11) is 0. The molecule has 4 heteroatoms. The first-order chi connectivity index (χ1) is 12.2. The standard InChI is InChI=1S/C21H19AsN2O/c22-21-14-16(12-13-24(21)15-6-2-1-3-7-15)25-20-11-10-19(23)17-8-4-5-9-18(17)20/h1-12,14H,13,22-23H2. The zero-order chi connectivity index (χ0) is 17.2. The van der Waals surface area contributed by atoms with Gasteiger partial charge in [-0.2, -0.15) is 0 Å². The van der Waals surface area contributed by atoms with Crippen molar-refractivity contribution in [2.45, 2.75) is 0 Å². The van der Waals surface area contributed by atoms with E-state index in [0.717, 1.165) is 34.5 Å². The van der Waals surface area contributed by atoms with Gasteiger partial charge in [-0.25, -0.2) is 0 Å². The molecule has 0 saturated heterocycles. The summed E-state index contributed by atoms with van der Waals surface area (Å²) in [6.45, 7) is 0.802. The maximum atomic E-state index is 6.19. The fraction of sp³-hybridized carbons (Fsp3) is 0.0476. The molecule has 0 fully saturated rings. The van der Waals surface area contributed by atoms with Crippen LogP contribution in [0.3, 0.4) is 0 Å². The maximum absolute atomic E-state index is 6.19. The Bertz CT molecular complexity index is 980. The number of rotatable bonds is 3. The van der Waals surface area contributed by atoms with Crippen molar-refractivity contribution in [1.82, 2.24) is 0 Å². The molecule has 0 spiro atoms. The van der Waals surface area contributed by atoms with Crippen LogP contribution in [0.15, 0.2) is 89.1 Å². The number of nitrogen functional groups attached to an aromatic ring is 1. The van der Waals surface area contributed by atoms with Gasteiger partial charge in [0.2, 0.25) is 0 Å². The Labute approximate surface area is 155 Å². The molecule has 0 aromatic heterocycles. The molecule has 1 atom stereocenters. The molecular formula is C21H19AsN2O. The number of hydrogen-bond acceptors (Lipinski definition) is 3. The van der Waals surface area contributed by atoms with Crippen molar-refractivity contribution in [1.29, 1.82) is 0 Å². The Morgan fingerprint density at radius 2 is 1.60 bits per heavy atom. The minimum atomic E-state index is 0.769. The number of ether oxygens (including phenoxy) is 1. The van der Waals surface area contributed by atoms with Gasteiger partial charge in [0.25, 0.3) is 0 Å². The Balaban J connectivity index is 1.61. The summed E-state index contributed by atoms with van der Waals surface area (Å²) >= 11 is 1.58. The molecule has 3 aromatic carbocycles. The van der Waals surface area contributed by atoms with Crippen molar-refractivity contribution in [3.05, 3.63) is 89.1 Å². The molecule has 25 heavy (non-hydrogen) atoms. The van der Waals surface area contributed by atoms with E-state index in [1.54, 1.807) is 16.9 Å². The van der Waals surface area contributed by atoms with Crippen molar-refractivity contribution in [2.24, 2.45) is 0 Å². The van der Waals surface area contributed by atoms with Gasteiger partial charge in [-0.15, -0.1) is 0 Å². The van der Waals surface area contributed by atoms with E-state index in [1.807, 2.05) is 42.5 Å². The number of anilines is 2. The molecule has 3 nitrogen and oxygen atoms in total. The third kappa shape index (κ3) is 3.16. The fourth-order valence-electron chi connectivity index (χ4n) is 3.01. The topological polar surface area (TPSA) is 38.5 Å². The number of nitrogens with zero attached hydrogens (tertiary/aromatic N) is 1. The Morgan fingerprint density at radius 3 is 2.36 bits per heavy atom. The molecule has 1 aliphatic heterocycles. The van der Waals surface area contributed by atoms with Crippen LogP contribution in [-0.4, -0.2) is 23.4 Å². The van der Waals surface area contributed by atoms with Crippen molar-refractivity contribution in [3.63, 3.8) is 0 Å². The van der Waals surface area contributed by atoms with Gasteiger partial charge in [0.15, 0.2) is 0 Å². The second kappa shape index (κ2) is 6.70. The summed E-state index contributed by atoms with van der Waals surface area (Å²) in [5, 5.41) is 2.05. The van der Waals surface area contributed by atoms with Gasteiger partial charge in [-0.05, 0) is 0 Å². The van der Waals surface area contributed by atoms with Crippen molar-refractivity contribution >= 4 is 39.0 Å². The van der Waals surface area contributed by atoms with Crippen molar-refractivity contribution < 1.29 is 4.74 Å². The molecule has 2 N–H and O–H groups in total. The van der Waals surface area contributed by atoms with Crippen LogP contribution in [0.1, 0.15) is 0 Å². The van der Waals surface area contributed by atoms with Gasteiger partial charge in [-0.3, -0.25) is 0 Å². The van der Waals surface area contributed by atoms with Crippen LogP contribution in [0.25, 0.3) is 10.8 Å². The van der Waals surface area contributed by atoms with E-state index in [0.29, 0.717) is 0 Å². The molecule has 3 aromatic rings. The quantitative estimate of drug-likeness (QED) is 0.548. The molecule has 0 saturated carbocycles. The van der Waals surface area contributed by atoms with E-state index < -0.39 is 0 Å². The number of nitrogens with two attached hydrogens (primary N) is 1. The average molecular weight is 390 g/mol. The van der Waals surface area contributed by atoms with Crippen LogP contribution in [-0.2, 0) is 0 Å². The average Bonchev–Trinajstić information content (AvgIpc) is 2.65. The molecule has 124 valence electrons. The molecular weight excluding hydrogens is 371 g/mol. The number of allylic oxidation sites excluding steroid dienone is 1. The van der Waals surface area contributed by atoms with E-state index in [2.05, 4.69) is 41.3 Å². The van der Waals surface area contributed by atoms with Crippen LogP contribution in [0.5, 0.6) is 5.75 Å². The zero-order valence-corrected chi connectivity index (χ0v) is 16.1. The molecule has 1 unspecified atom stereocenters. The molecule has 1 aliphatic rings. The van der Waals surface area contributed by atoms with Crippen LogP contribution >= 0.6 is 0 Å². The van der Waals surface area contributed by atoms with Gasteiger partial charge in [0.05, 0.1) is 0 Å². The summed E-state index contributed by atoms with van der Waals surface area (Å²) in [5.74, 6) is 1.71. The predicted molar refractivity (Wildman–Crippen MR) is 107 cm³/mol. The molecule has 4 rings (SSSR count). The Kier molecular flexibility index (Phi) is 4.25. The van der Waals surface area contributed by atoms with Gasteiger partial charge >= 0.3 is 156 Å². The van der Waals surface area contributed by atoms with Crippen LogP contribution in [0.2, 0.25) is 0 Å². The van der Waals surface area contributed by atoms with E-state index in [1.165, 1.54) is 10.2 Å². The minimum absolute atomic E-state index is 0.769. The monoisotopic (exact) mass is 390 g/mol. The predicted octanol–water partition coefficient (Wildman–Crippen LogP) is 3.68.